The first kappa shape index (κ1) is 20.1. The van der Waals surface area contributed by atoms with Gasteiger partial charge in [-0.3, -0.25) is 14.6 Å². The van der Waals surface area contributed by atoms with E-state index in [4.69, 9.17) is 0 Å². The van der Waals surface area contributed by atoms with E-state index in [9.17, 15) is 9.59 Å². The highest BCUT2D eigenvalue weighted by molar-refractivity contribution is 6.06. The lowest BCUT2D eigenvalue weighted by Crippen LogP contribution is -2.43. The maximum Gasteiger partial charge on any atom is 0.257 e. The summed E-state index contributed by atoms with van der Waals surface area (Å²) in [6.07, 6.45) is 7.26. The minimum absolute atomic E-state index is 0.0312. The molecule has 5 nitrogen and oxygen atoms in total. The Labute approximate surface area is 167 Å². The average Bonchev–Trinajstić information content (AvgIpc) is 2.73. The molecule has 1 aromatic heterocycles. The second kappa shape index (κ2) is 9.00. The van der Waals surface area contributed by atoms with Crippen molar-refractivity contribution in [2.24, 2.45) is 0 Å². The van der Waals surface area contributed by atoms with Gasteiger partial charge in [0.25, 0.3) is 11.8 Å². The Morgan fingerprint density at radius 1 is 1.18 bits per heavy atom. The summed E-state index contributed by atoms with van der Waals surface area (Å²) in [5, 5.41) is 2.97. The summed E-state index contributed by atoms with van der Waals surface area (Å²) in [5.41, 5.74) is 2.75. The van der Waals surface area contributed by atoms with E-state index in [0.717, 1.165) is 43.5 Å². The number of pyridine rings is 1. The molecular weight excluding hydrogens is 350 g/mol. The van der Waals surface area contributed by atoms with Gasteiger partial charge in [0.2, 0.25) is 0 Å². The molecule has 0 bridgehead atoms. The van der Waals surface area contributed by atoms with Crippen LogP contribution in [0.25, 0.3) is 0 Å². The molecular formula is C23H29N3O2. The van der Waals surface area contributed by atoms with Gasteiger partial charge in [-0.2, -0.15) is 0 Å². The first-order valence-electron chi connectivity index (χ1n) is 10.2. The number of amides is 2. The van der Waals surface area contributed by atoms with Crippen molar-refractivity contribution >= 4 is 17.5 Å². The van der Waals surface area contributed by atoms with Crippen LogP contribution >= 0.6 is 0 Å². The van der Waals surface area contributed by atoms with Crippen LogP contribution < -0.4 is 5.32 Å². The molecule has 1 saturated heterocycles. The molecule has 0 spiro atoms. The summed E-state index contributed by atoms with van der Waals surface area (Å²) in [6, 6.07) is 9.71. The second-order valence-electron chi connectivity index (χ2n) is 7.71. The predicted octanol–water partition coefficient (Wildman–Crippen LogP) is 4.86. The third-order valence-corrected chi connectivity index (χ3v) is 5.44. The topological polar surface area (TPSA) is 62.3 Å². The summed E-state index contributed by atoms with van der Waals surface area (Å²) >= 11 is 0. The van der Waals surface area contributed by atoms with Crippen LogP contribution in [0, 0.1) is 0 Å². The van der Waals surface area contributed by atoms with Gasteiger partial charge in [0, 0.05) is 30.7 Å². The van der Waals surface area contributed by atoms with E-state index < -0.39 is 0 Å². The lowest BCUT2D eigenvalue weighted by atomic mass is 9.99. The summed E-state index contributed by atoms with van der Waals surface area (Å²) in [7, 11) is 0. The molecule has 1 aliphatic heterocycles. The Bertz CT molecular complexity index is 847. The monoisotopic (exact) mass is 379 g/mol. The molecule has 2 amide bonds. The summed E-state index contributed by atoms with van der Waals surface area (Å²) in [4.78, 5) is 31.9. The van der Waals surface area contributed by atoms with Gasteiger partial charge in [-0.25, -0.2) is 0 Å². The number of aromatic nitrogens is 1. The SMILES string of the molecule is CCC1CCCCN1C(=O)c1cncc(C(=O)Nc2ccccc2C(C)C)c1. The van der Waals surface area contributed by atoms with Crippen LogP contribution in [0.5, 0.6) is 0 Å². The lowest BCUT2D eigenvalue weighted by Gasteiger charge is -2.35. The van der Waals surface area contributed by atoms with Gasteiger partial charge >= 0.3 is 0 Å². The number of likely N-dealkylation sites (tertiary alicyclic amines) is 1. The molecule has 1 aliphatic rings. The molecule has 2 aromatic rings. The number of rotatable bonds is 5. The number of para-hydroxylation sites is 1. The van der Waals surface area contributed by atoms with Gasteiger partial charge in [0.05, 0.1) is 11.1 Å². The Morgan fingerprint density at radius 3 is 2.68 bits per heavy atom. The Balaban J connectivity index is 1.79. The van der Waals surface area contributed by atoms with Crippen molar-refractivity contribution < 1.29 is 9.59 Å². The third kappa shape index (κ3) is 4.41. The fraction of sp³-hybridized carbons (Fsp3) is 0.435. The van der Waals surface area contributed by atoms with E-state index in [1.165, 1.54) is 6.20 Å². The summed E-state index contributed by atoms with van der Waals surface area (Å²) in [6.45, 7) is 7.07. The number of nitrogens with one attached hydrogen (secondary N) is 1. The maximum absolute atomic E-state index is 13.0. The molecule has 0 saturated carbocycles. The van der Waals surface area contributed by atoms with Gasteiger partial charge in [0.15, 0.2) is 0 Å². The van der Waals surface area contributed by atoms with Crippen LogP contribution in [0.15, 0.2) is 42.7 Å². The molecule has 1 aromatic carbocycles. The molecule has 1 N–H and O–H groups in total. The molecule has 0 radical (unpaired) electrons. The first-order valence-corrected chi connectivity index (χ1v) is 10.2. The van der Waals surface area contributed by atoms with Gasteiger partial charge in [-0.1, -0.05) is 39.0 Å². The van der Waals surface area contributed by atoms with Crippen LogP contribution in [-0.2, 0) is 0 Å². The minimum Gasteiger partial charge on any atom is -0.336 e. The number of benzene rings is 1. The Kier molecular flexibility index (Phi) is 6.45. The van der Waals surface area contributed by atoms with Gasteiger partial charge < -0.3 is 10.2 Å². The van der Waals surface area contributed by atoms with E-state index in [1.807, 2.05) is 29.2 Å². The fourth-order valence-electron chi connectivity index (χ4n) is 3.85. The number of piperidine rings is 1. The lowest BCUT2D eigenvalue weighted by molar-refractivity contribution is 0.0607. The number of hydrogen-bond donors (Lipinski definition) is 1. The van der Waals surface area contributed by atoms with E-state index in [0.29, 0.717) is 17.0 Å². The molecule has 1 atom stereocenters. The standard InChI is InChI=1S/C23H29N3O2/c1-4-19-9-7-8-12-26(19)23(28)18-13-17(14-24-15-18)22(27)25-21-11-6-5-10-20(21)16(2)3/h5-6,10-11,13-16,19H,4,7-9,12H2,1-3H3,(H,25,27). The largest absolute Gasteiger partial charge is 0.336 e. The fourth-order valence-corrected chi connectivity index (χ4v) is 3.85. The van der Waals surface area contributed by atoms with Crippen molar-refractivity contribution in [2.45, 2.75) is 58.4 Å². The van der Waals surface area contributed by atoms with Crippen molar-refractivity contribution in [2.75, 3.05) is 11.9 Å². The van der Waals surface area contributed by atoms with Crippen molar-refractivity contribution in [3.63, 3.8) is 0 Å². The van der Waals surface area contributed by atoms with Crippen LogP contribution in [0.4, 0.5) is 5.69 Å². The number of carbonyl (C=O) groups is 2. The smallest absolute Gasteiger partial charge is 0.257 e. The van der Waals surface area contributed by atoms with Gasteiger partial charge in [-0.05, 0) is 49.3 Å². The van der Waals surface area contributed by atoms with E-state index >= 15 is 0 Å². The number of carbonyl (C=O) groups excluding carboxylic acids is 2. The van der Waals surface area contributed by atoms with Crippen molar-refractivity contribution in [1.82, 2.24) is 9.88 Å². The van der Waals surface area contributed by atoms with Gasteiger partial charge in [-0.15, -0.1) is 0 Å². The number of nitrogens with zero attached hydrogens (tertiary/aromatic N) is 2. The molecule has 1 unspecified atom stereocenters. The van der Waals surface area contributed by atoms with Crippen molar-refractivity contribution in [3.8, 4) is 0 Å². The zero-order chi connectivity index (χ0) is 20.1. The van der Waals surface area contributed by atoms with E-state index in [-0.39, 0.29) is 17.9 Å². The molecule has 3 rings (SSSR count). The predicted molar refractivity (Wildman–Crippen MR) is 112 cm³/mol. The highest BCUT2D eigenvalue weighted by Crippen LogP contribution is 2.25. The highest BCUT2D eigenvalue weighted by Gasteiger charge is 2.26. The normalized spacial score (nSPS) is 16.9. The molecule has 0 aliphatic carbocycles. The third-order valence-electron chi connectivity index (χ3n) is 5.44. The molecule has 5 heteroatoms. The zero-order valence-corrected chi connectivity index (χ0v) is 16.9. The van der Waals surface area contributed by atoms with Gasteiger partial charge in [0.1, 0.15) is 0 Å². The maximum atomic E-state index is 13.0. The summed E-state index contributed by atoms with van der Waals surface area (Å²) in [5.74, 6) is 0.0184. The number of anilines is 1. The quantitative estimate of drug-likeness (QED) is 0.807. The zero-order valence-electron chi connectivity index (χ0n) is 16.9. The van der Waals surface area contributed by atoms with Crippen LogP contribution in [0.2, 0.25) is 0 Å². The highest BCUT2D eigenvalue weighted by atomic mass is 16.2. The van der Waals surface area contributed by atoms with Crippen molar-refractivity contribution in [3.05, 3.63) is 59.4 Å². The second-order valence-corrected chi connectivity index (χ2v) is 7.71. The van der Waals surface area contributed by atoms with Crippen LogP contribution in [0.3, 0.4) is 0 Å². The number of hydrogen-bond acceptors (Lipinski definition) is 3. The van der Waals surface area contributed by atoms with E-state index in [2.05, 4.69) is 31.1 Å². The molecule has 148 valence electrons. The average molecular weight is 380 g/mol. The van der Waals surface area contributed by atoms with Crippen LogP contribution in [-0.4, -0.2) is 34.3 Å². The van der Waals surface area contributed by atoms with E-state index in [1.54, 1.807) is 12.3 Å². The minimum atomic E-state index is -0.249. The molecule has 28 heavy (non-hydrogen) atoms. The summed E-state index contributed by atoms with van der Waals surface area (Å²) < 4.78 is 0. The van der Waals surface area contributed by atoms with Crippen LogP contribution in [0.1, 0.15) is 78.7 Å². The van der Waals surface area contributed by atoms with Crippen molar-refractivity contribution in [1.29, 1.82) is 0 Å². The molecule has 1 fully saturated rings. The Hall–Kier alpha value is -2.69. The first-order chi connectivity index (χ1) is 13.5. The Morgan fingerprint density at radius 2 is 1.93 bits per heavy atom. The molecule has 2 heterocycles.